The second kappa shape index (κ2) is 7.43. The molecule has 148 valence electrons. The third-order valence-electron chi connectivity index (χ3n) is 5.25. The quantitative estimate of drug-likeness (QED) is 0.471. The Morgan fingerprint density at radius 2 is 2.03 bits per heavy atom. The van der Waals surface area contributed by atoms with E-state index in [1.165, 1.54) is 0 Å². The fourth-order valence-electron chi connectivity index (χ4n) is 3.64. The smallest absolute Gasteiger partial charge is 0.326 e. The number of para-hydroxylation sites is 1. The van der Waals surface area contributed by atoms with Gasteiger partial charge in [0.1, 0.15) is 11.7 Å². The summed E-state index contributed by atoms with van der Waals surface area (Å²) in [5.74, 6) is -1.50. The van der Waals surface area contributed by atoms with Crippen molar-refractivity contribution in [1.82, 2.24) is 19.7 Å². The van der Waals surface area contributed by atoms with Crippen molar-refractivity contribution in [3.63, 3.8) is 0 Å². The Balaban J connectivity index is 1.58. The average molecular weight is 390 g/mol. The van der Waals surface area contributed by atoms with E-state index in [0.29, 0.717) is 5.56 Å². The van der Waals surface area contributed by atoms with Gasteiger partial charge in [0.25, 0.3) is 5.91 Å². The second-order valence-electron chi connectivity index (χ2n) is 7.07. The number of nitrogens with one attached hydrogen (secondary N) is 2. The molecule has 7 nitrogen and oxygen atoms in total. The fraction of sp³-hybridized carbons (Fsp3) is 0.227. The molecule has 0 aliphatic rings. The number of carboxylic acids is 1. The standard InChI is InChI=1S/C22H22N4O3/c1-3-17-13(2)26-12-14(8-9-20(26)24-17)21(27)25-19(22(28)29)10-15-11-23-18-7-5-4-6-16(15)18/h4-9,11-12,19,23H,3,10H2,1-2H3,(H,25,27)(H,28,29). The molecular formula is C22H22N4O3. The highest BCUT2D eigenvalue weighted by Crippen LogP contribution is 2.19. The summed E-state index contributed by atoms with van der Waals surface area (Å²) in [5, 5.41) is 13.3. The van der Waals surface area contributed by atoms with Gasteiger partial charge in [0.15, 0.2) is 0 Å². The molecule has 3 N–H and O–H groups in total. The normalized spacial score (nSPS) is 12.3. The van der Waals surface area contributed by atoms with Crippen LogP contribution in [0.3, 0.4) is 0 Å². The zero-order valence-electron chi connectivity index (χ0n) is 16.3. The van der Waals surface area contributed by atoms with Crippen LogP contribution >= 0.6 is 0 Å². The van der Waals surface area contributed by atoms with Crippen molar-refractivity contribution >= 4 is 28.4 Å². The van der Waals surface area contributed by atoms with E-state index in [9.17, 15) is 14.7 Å². The van der Waals surface area contributed by atoms with E-state index in [-0.39, 0.29) is 6.42 Å². The molecular weight excluding hydrogens is 368 g/mol. The number of carbonyl (C=O) groups is 2. The number of nitrogens with zero attached hydrogens (tertiary/aromatic N) is 2. The molecule has 0 saturated carbocycles. The highest BCUT2D eigenvalue weighted by Gasteiger charge is 2.23. The predicted molar refractivity (Wildman–Crippen MR) is 110 cm³/mol. The lowest BCUT2D eigenvalue weighted by atomic mass is 10.0. The molecule has 4 aromatic rings. The first-order valence-corrected chi connectivity index (χ1v) is 9.54. The van der Waals surface area contributed by atoms with Gasteiger partial charge < -0.3 is 19.8 Å². The van der Waals surface area contributed by atoms with Crippen molar-refractivity contribution in [1.29, 1.82) is 0 Å². The van der Waals surface area contributed by atoms with Crippen LogP contribution in [-0.2, 0) is 17.6 Å². The highest BCUT2D eigenvalue weighted by atomic mass is 16.4. The van der Waals surface area contributed by atoms with E-state index in [1.807, 2.05) is 42.5 Å². The summed E-state index contributed by atoms with van der Waals surface area (Å²) in [5.41, 5.74) is 4.90. The lowest BCUT2D eigenvalue weighted by Gasteiger charge is -2.14. The van der Waals surface area contributed by atoms with Gasteiger partial charge in [-0.2, -0.15) is 0 Å². The van der Waals surface area contributed by atoms with Crippen LogP contribution in [-0.4, -0.2) is 37.4 Å². The van der Waals surface area contributed by atoms with Crippen LogP contribution in [0.5, 0.6) is 0 Å². The van der Waals surface area contributed by atoms with Gasteiger partial charge >= 0.3 is 5.97 Å². The van der Waals surface area contributed by atoms with Crippen LogP contribution in [0.2, 0.25) is 0 Å². The number of carboxylic acid groups (broad SMARTS) is 1. The number of aromatic nitrogens is 3. The number of carbonyl (C=O) groups excluding carboxylic acids is 1. The van der Waals surface area contributed by atoms with E-state index in [1.54, 1.807) is 24.5 Å². The maximum atomic E-state index is 12.8. The Hall–Kier alpha value is -3.61. The molecule has 3 aromatic heterocycles. The fourth-order valence-corrected chi connectivity index (χ4v) is 3.64. The number of benzene rings is 1. The minimum absolute atomic E-state index is 0.192. The molecule has 0 aliphatic heterocycles. The number of amides is 1. The number of imidazole rings is 1. The third kappa shape index (κ3) is 3.47. The first-order valence-electron chi connectivity index (χ1n) is 9.54. The molecule has 1 amide bonds. The van der Waals surface area contributed by atoms with Gasteiger partial charge in [0.05, 0.1) is 11.3 Å². The van der Waals surface area contributed by atoms with Gasteiger partial charge in [-0.15, -0.1) is 0 Å². The monoisotopic (exact) mass is 390 g/mol. The number of fused-ring (bicyclic) bond motifs is 2. The number of aryl methyl sites for hydroxylation is 2. The molecule has 0 saturated heterocycles. The molecule has 0 aliphatic carbocycles. The molecule has 4 rings (SSSR count). The second-order valence-corrected chi connectivity index (χ2v) is 7.07. The Morgan fingerprint density at radius 3 is 2.79 bits per heavy atom. The minimum Gasteiger partial charge on any atom is -0.480 e. The number of rotatable bonds is 6. The Bertz CT molecular complexity index is 1220. The van der Waals surface area contributed by atoms with Crippen LogP contribution in [0, 0.1) is 6.92 Å². The van der Waals surface area contributed by atoms with Crippen molar-refractivity contribution in [2.75, 3.05) is 0 Å². The molecule has 0 radical (unpaired) electrons. The maximum absolute atomic E-state index is 12.8. The van der Waals surface area contributed by atoms with Crippen molar-refractivity contribution in [2.45, 2.75) is 32.7 Å². The molecule has 3 heterocycles. The molecule has 0 bridgehead atoms. The van der Waals surface area contributed by atoms with E-state index >= 15 is 0 Å². The number of hydrogen-bond acceptors (Lipinski definition) is 3. The lowest BCUT2D eigenvalue weighted by Crippen LogP contribution is -2.42. The maximum Gasteiger partial charge on any atom is 0.326 e. The number of aromatic amines is 1. The van der Waals surface area contributed by atoms with Crippen molar-refractivity contribution < 1.29 is 14.7 Å². The van der Waals surface area contributed by atoms with E-state index in [0.717, 1.165) is 39.9 Å². The van der Waals surface area contributed by atoms with Gasteiger partial charge in [0, 0.05) is 35.4 Å². The summed E-state index contributed by atoms with van der Waals surface area (Å²) < 4.78 is 1.86. The molecule has 0 fully saturated rings. The van der Waals surface area contributed by atoms with Crippen molar-refractivity contribution in [3.05, 3.63) is 71.3 Å². The average Bonchev–Trinajstić information content (AvgIpc) is 3.28. The number of hydrogen-bond donors (Lipinski definition) is 3. The topological polar surface area (TPSA) is 99.5 Å². The van der Waals surface area contributed by atoms with Crippen LogP contribution in [0.25, 0.3) is 16.6 Å². The minimum atomic E-state index is -1.07. The van der Waals surface area contributed by atoms with Gasteiger partial charge in [-0.1, -0.05) is 25.1 Å². The SMILES string of the molecule is CCc1nc2ccc(C(=O)NC(Cc3c[nH]c4ccccc34)C(=O)O)cn2c1C. The summed E-state index contributed by atoms with van der Waals surface area (Å²) in [6.45, 7) is 3.99. The summed E-state index contributed by atoms with van der Waals surface area (Å²) in [7, 11) is 0. The molecule has 1 aromatic carbocycles. The van der Waals surface area contributed by atoms with E-state index < -0.39 is 17.9 Å². The van der Waals surface area contributed by atoms with E-state index in [2.05, 4.69) is 15.3 Å². The zero-order valence-corrected chi connectivity index (χ0v) is 16.3. The molecule has 7 heteroatoms. The van der Waals surface area contributed by atoms with Crippen molar-refractivity contribution in [3.8, 4) is 0 Å². The van der Waals surface area contributed by atoms with Crippen molar-refractivity contribution in [2.24, 2.45) is 0 Å². The number of H-pyrrole nitrogens is 1. The molecule has 0 spiro atoms. The van der Waals surface area contributed by atoms with Gasteiger partial charge in [-0.25, -0.2) is 9.78 Å². The van der Waals surface area contributed by atoms with Crippen LogP contribution < -0.4 is 5.32 Å². The molecule has 29 heavy (non-hydrogen) atoms. The summed E-state index contributed by atoms with van der Waals surface area (Å²) in [6.07, 6.45) is 4.49. The zero-order chi connectivity index (χ0) is 20.5. The lowest BCUT2D eigenvalue weighted by molar-refractivity contribution is -0.139. The largest absolute Gasteiger partial charge is 0.480 e. The molecule has 1 unspecified atom stereocenters. The third-order valence-corrected chi connectivity index (χ3v) is 5.25. The summed E-state index contributed by atoms with van der Waals surface area (Å²) >= 11 is 0. The van der Waals surface area contributed by atoms with E-state index in [4.69, 9.17) is 0 Å². The van der Waals surface area contributed by atoms with Crippen LogP contribution in [0.15, 0.2) is 48.8 Å². The highest BCUT2D eigenvalue weighted by molar-refractivity contribution is 5.97. The van der Waals surface area contributed by atoms with Crippen LogP contribution in [0.4, 0.5) is 0 Å². The predicted octanol–water partition coefficient (Wildman–Crippen LogP) is 3.11. The van der Waals surface area contributed by atoms with Gasteiger partial charge in [0.2, 0.25) is 0 Å². The van der Waals surface area contributed by atoms with Gasteiger partial charge in [-0.3, -0.25) is 4.79 Å². The Labute approximate surface area is 167 Å². The Kier molecular flexibility index (Phi) is 4.80. The number of pyridine rings is 1. The number of aliphatic carboxylic acids is 1. The first-order chi connectivity index (χ1) is 14.0. The molecule has 1 atom stereocenters. The first kappa shape index (κ1) is 18.7. The summed E-state index contributed by atoms with van der Waals surface area (Å²) in [4.78, 5) is 32.2. The van der Waals surface area contributed by atoms with Crippen LogP contribution in [0.1, 0.15) is 34.2 Å². The Morgan fingerprint density at radius 1 is 1.24 bits per heavy atom. The van der Waals surface area contributed by atoms with Gasteiger partial charge in [-0.05, 0) is 37.1 Å². The summed E-state index contributed by atoms with van der Waals surface area (Å²) in [6, 6.07) is 10.1.